The quantitative estimate of drug-likeness (QED) is 0.0337. The molecular formula is C70H134O8. The van der Waals surface area contributed by atoms with Gasteiger partial charge in [-0.2, -0.15) is 0 Å². The summed E-state index contributed by atoms with van der Waals surface area (Å²) in [6.45, 7) is 6.88. The minimum Gasteiger partial charge on any atom is -0.466 e. The minimum absolute atomic E-state index is 0.00132. The third kappa shape index (κ3) is 66.4. The summed E-state index contributed by atoms with van der Waals surface area (Å²) in [7, 11) is 0. The average molecular weight is 1100 g/mol. The Morgan fingerprint density at radius 2 is 0.282 bits per heavy atom. The zero-order chi connectivity index (χ0) is 56.4. The van der Waals surface area contributed by atoms with E-state index in [0.717, 1.165) is 103 Å². The molecule has 0 aromatic rings. The molecule has 8 nitrogen and oxygen atoms in total. The molecule has 0 radical (unpaired) electrons. The van der Waals surface area contributed by atoms with Crippen molar-refractivity contribution in [2.45, 2.75) is 399 Å². The predicted molar refractivity (Wildman–Crippen MR) is 332 cm³/mol. The average Bonchev–Trinajstić information content (AvgIpc) is 3.43. The number of esters is 4. The highest BCUT2D eigenvalue weighted by atomic mass is 16.5. The maximum Gasteiger partial charge on any atom is 0.305 e. The number of hydrogen-bond donors (Lipinski definition) is 0. The van der Waals surface area contributed by atoms with Crippen LogP contribution in [0.15, 0.2) is 0 Å². The van der Waals surface area contributed by atoms with Gasteiger partial charge in [0.05, 0.1) is 26.4 Å². The van der Waals surface area contributed by atoms with Gasteiger partial charge in [-0.25, -0.2) is 0 Å². The molecule has 0 aliphatic heterocycles. The van der Waals surface area contributed by atoms with Crippen LogP contribution in [0.25, 0.3) is 0 Å². The number of carbonyl (C=O) groups is 4. The fourth-order valence-corrected chi connectivity index (χ4v) is 10.8. The Morgan fingerprint density at radius 3 is 0.423 bits per heavy atom. The third-order valence-corrected chi connectivity index (χ3v) is 16.1. The van der Waals surface area contributed by atoms with Crippen molar-refractivity contribution in [2.75, 3.05) is 26.4 Å². The van der Waals surface area contributed by atoms with Gasteiger partial charge in [-0.1, -0.05) is 322 Å². The highest BCUT2D eigenvalue weighted by molar-refractivity contribution is 5.70. The molecule has 0 amide bonds. The molecule has 0 aliphatic rings. The van der Waals surface area contributed by atoms with Gasteiger partial charge in [0.1, 0.15) is 0 Å². The molecule has 8 heteroatoms. The summed E-state index contributed by atoms with van der Waals surface area (Å²) in [6, 6.07) is 0. The van der Waals surface area contributed by atoms with Crippen LogP contribution in [-0.4, -0.2) is 50.3 Å². The molecule has 0 fully saturated rings. The van der Waals surface area contributed by atoms with E-state index in [-0.39, 0.29) is 23.9 Å². The van der Waals surface area contributed by atoms with Crippen LogP contribution in [-0.2, 0) is 38.1 Å². The van der Waals surface area contributed by atoms with Crippen molar-refractivity contribution in [3.05, 3.63) is 0 Å². The smallest absolute Gasteiger partial charge is 0.305 e. The van der Waals surface area contributed by atoms with Gasteiger partial charge in [-0.15, -0.1) is 0 Å². The van der Waals surface area contributed by atoms with Crippen LogP contribution in [0.2, 0.25) is 0 Å². The first-order valence-electron chi connectivity index (χ1n) is 35.1. The Morgan fingerprint density at radius 1 is 0.167 bits per heavy atom. The van der Waals surface area contributed by atoms with Crippen LogP contribution >= 0.6 is 0 Å². The van der Waals surface area contributed by atoms with Crippen molar-refractivity contribution in [1.82, 2.24) is 0 Å². The molecule has 0 N–H and O–H groups in total. The first-order chi connectivity index (χ1) is 38.5. The van der Waals surface area contributed by atoms with E-state index < -0.39 is 0 Å². The molecule has 0 aromatic carbocycles. The van der Waals surface area contributed by atoms with E-state index in [4.69, 9.17) is 18.9 Å². The Balaban J connectivity index is 3.27. The van der Waals surface area contributed by atoms with Crippen molar-refractivity contribution >= 4 is 23.9 Å². The highest BCUT2D eigenvalue weighted by Crippen LogP contribution is 2.18. The van der Waals surface area contributed by atoms with Gasteiger partial charge >= 0.3 is 23.9 Å². The molecule has 0 saturated heterocycles. The SMILES string of the molecule is CCCCCCCCCCCCCC(=O)OCCCCCCCCCCCCCCOC(=O)CCCCCCCCCCCCC(=O)OCCCCCCCCCCCCCCOC(=O)CCCCCCCCCCCCC. The van der Waals surface area contributed by atoms with Crippen LogP contribution in [0.4, 0.5) is 0 Å². The number of carbonyl (C=O) groups excluding carboxylic acids is 4. The van der Waals surface area contributed by atoms with Crippen molar-refractivity contribution in [1.29, 1.82) is 0 Å². The summed E-state index contributed by atoms with van der Waals surface area (Å²) in [6.07, 6.45) is 71.6. The van der Waals surface area contributed by atoms with Crippen molar-refractivity contribution in [3.63, 3.8) is 0 Å². The lowest BCUT2D eigenvalue weighted by atomic mass is 10.0. The second-order valence-electron chi connectivity index (χ2n) is 24.0. The van der Waals surface area contributed by atoms with Crippen molar-refractivity contribution < 1.29 is 38.1 Å². The van der Waals surface area contributed by atoms with Crippen LogP contribution in [0.1, 0.15) is 399 Å². The number of ether oxygens (including phenoxy) is 4. The number of rotatable bonds is 67. The van der Waals surface area contributed by atoms with Crippen LogP contribution in [0.5, 0.6) is 0 Å². The molecule has 0 rings (SSSR count). The monoisotopic (exact) mass is 1100 g/mol. The lowest BCUT2D eigenvalue weighted by Gasteiger charge is -2.06. The topological polar surface area (TPSA) is 105 Å². The second-order valence-corrected chi connectivity index (χ2v) is 24.0. The molecule has 462 valence electrons. The number of hydrogen-bond acceptors (Lipinski definition) is 8. The molecule has 0 aromatic heterocycles. The predicted octanol–water partition coefficient (Wildman–Crippen LogP) is 22.6. The first kappa shape index (κ1) is 75.9. The van der Waals surface area contributed by atoms with Gasteiger partial charge in [0.15, 0.2) is 0 Å². The molecule has 0 heterocycles. The summed E-state index contributed by atoms with van der Waals surface area (Å²) < 4.78 is 21.9. The van der Waals surface area contributed by atoms with E-state index in [1.54, 1.807) is 0 Å². The van der Waals surface area contributed by atoms with E-state index in [1.165, 1.54) is 257 Å². The van der Waals surface area contributed by atoms with E-state index in [0.29, 0.717) is 52.1 Å². The van der Waals surface area contributed by atoms with Crippen LogP contribution in [0.3, 0.4) is 0 Å². The molecule has 0 spiro atoms. The van der Waals surface area contributed by atoms with Gasteiger partial charge in [0, 0.05) is 25.7 Å². The maximum absolute atomic E-state index is 12.1. The van der Waals surface area contributed by atoms with Crippen LogP contribution < -0.4 is 0 Å². The van der Waals surface area contributed by atoms with Gasteiger partial charge in [0.25, 0.3) is 0 Å². The Kier molecular flexibility index (Phi) is 65.6. The fraction of sp³-hybridized carbons (Fsp3) is 0.943. The zero-order valence-electron chi connectivity index (χ0n) is 52.5. The van der Waals surface area contributed by atoms with E-state index in [9.17, 15) is 19.2 Å². The molecule has 0 saturated carbocycles. The minimum atomic E-state index is -0.0248. The summed E-state index contributed by atoms with van der Waals surface area (Å²) >= 11 is 0. The summed E-state index contributed by atoms with van der Waals surface area (Å²) in [5.41, 5.74) is 0. The third-order valence-electron chi connectivity index (χ3n) is 16.1. The second kappa shape index (κ2) is 67.4. The van der Waals surface area contributed by atoms with Crippen molar-refractivity contribution in [3.8, 4) is 0 Å². The first-order valence-corrected chi connectivity index (χ1v) is 35.1. The van der Waals surface area contributed by atoms with Gasteiger partial charge in [-0.3, -0.25) is 19.2 Å². The summed E-state index contributed by atoms with van der Waals surface area (Å²) in [5, 5.41) is 0. The largest absolute Gasteiger partial charge is 0.466 e. The Hall–Kier alpha value is -2.12. The lowest BCUT2D eigenvalue weighted by molar-refractivity contribution is -0.144. The molecule has 0 bridgehead atoms. The van der Waals surface area contributed by atoms with E-state index >= 15 is 0 Å². The fourth-order valence-electron chi connectivity index (χ4n) is 10.8. The normalized spacial score (nSPS) is 11.4. The van der Waals surface area contributed by atoms with Gasteiger partial charge < -0.3 is 18.9 Å². The standard InChI is InChI=1S/C70H134O8/c1-3-5-7-9-11-13-19-27-35-43-51-59-67(71)75-63-55-47-39-31-23-15-17-25-33-41-49-57-65-77-69(73)61-53-45-37-29-21-22-30-38-46-54-62-70(74)78-66-58-50-42-34-26-18-16-24-32-40-48-56-64-76-68(72)60-52-44-36-28-20-14-12-10-8-6-4-2/h3-66H2,1-2H3. The lowest BCUT2D eigenvalue weighted by Crippen LogP contribution is -2.05. The molecular weight excluding hydrogens is 969 g/mol. The Bertz CT molecular complexity index is 1130. The maximum atomic E-state index is 12.1. The van der Waals surface area contributed by atoms with E-state index in [1.807, 2.05) is 0 Å². The number of unbranched alkanes of at least 4 members (excludes halogenated alkanes) is 51. The Labute approximate surface area is 485 Å². The van der Waals surface area contributed by atoms with Crippen LogP contribution in [0, 0.1) is 0 Å². The molecule has 0 unspecified atom stereocenters. The van der Waals surface area contributed by atoms with Crippen molar-refractivity contribution in [2.24, 2.45) is 0 Å². The zero-order valence-corrected chi connectivity index (χ0v) is 52.5. The van der Waals surface area contributed by atoms with E-state index in [2.05, 4.69) is 13.8 Å². The van der Waals surface area contributed by atoms with Gasteiger partial charge in [0.2, 0.25) is 0 Å². The van der Waals surface area contributed by atoms with Gasteiger partial charge in [-0.05, 0) is 51.4 Å². The highest BCUT2D eigenvalue weighted by Gasteiger charge is 2.07. The summed E-state index contributed by atoms with van der Waals surface area (Å²) in [4.78, 5) is 48.3. The molecule has 0 aliphatic carbocycles. The summed E-state index contributed by atoms with van der Waals surface area (Å²) in [5.74, 6) is -0.0521. The molecule has 78 heavy (non-hydrogen) atoms. The molecule has 0 atom stereocenters.